The Morgan fingerprint density at radius 2 is 1.92 bits per heavy atom. The molecule has 0 fully saturated rings. The molecule has 0 aliphatic rings. The molecule has 2 nitrogen and oxygen atoms in total. The van der Waals surface area contributed by atoms with Crippen molar-refractivity contribution in [3.05, 3.63) is 0 Å². The van der Waals surface area contributed by atoms with Gasteiger partial charge in [0.25, 0.3) is 0 Å². The summed E-state index contributed by atoms with van der Waals surface area (Å²) in [5.41, 5.74) is 0. The summed E-state index contributed by atoms with van der Waals surface area (Å²) in [7, 11) is -3.82. The Kier molecular flexibility index (Phi) is 5.82. The van der Waals surface area contributed by atoms with Crippen molar-refractivity contribution in [2.24, 2.45) is 5.92 Å². The van der Waals surface area contributed by atoms with E-state index in [1.54, 1.807) is 6.92 Å². The normalized spacial score (nSPS) is 18.6. The molecule has 80 valence electrons. The van der Waals surface area contributed by atoms with Crippen LogP contribution < -0.4 is 0 Å². The average Bonchev–Trinajstić information content (AvgIpc) is 1.99. The summed E-state index contributed by atoms with van der Waals surface area (Å²) in [4.78, 5) is 0. The predicted octanol–water partition coefficient (Wildman–Crippen LogP) is 4.01. The van der Waals surface area contributed by atoms with E-state index in [-0.39, 0.29) is 18.2 Å². The molecule has 0 bridgehead atoms. The van der Waals surface area contributed by atoms with E-state index in [2.05, 4.69) is 0 Å². The van der Waals surface area contributed by atoms with Crippen molar-refractivity contribution < 1.29 is 13.3 Å². The van der Waals surface area contributed by atoms with Crippen molar-refractivity contribution >= 4 is 7.68 Å². The van der Waals surface area contributed by atoms with E-state index in [0.29, 0.717) is 12.8 Å². The second-order valence-corrected chi connectivity index (χ2v) is 5.45. The molecule has 0 heterocycles. The topological polar surface area (TPSA) is 26.3 Å². The first kappa shape index (κ1) is 13.1. The van der Waals surface area contributed by atoms with Gasteiger partial charge in [0.1, 0.15) is 0 Å². The van der Waals surface area contributed by atoms with Crippen LogP contribution in [0.2, 0.25) is 0 Å². The third kappa shape index (κ3) is 5.43. The zero-order valence-corrected chi connectivity index (χ0v) is 9.81. The van der Waals surface area contributed by atoms with Gasteiger partial charge in [-0.05, 0) is 18.8 Å². The van der Waals surface area contributed by atoms with Crippen molar-refractivity contribution in [1.29, 1.82) is 0 Å². The molecule has 0 spiro atoms. The van der Waals surface area contributed by atoms with E-state index in [0.717, 1.165) is 0 Å². The molecule has 0 aromatic heterocycles. The second kappa shape index (κ2) is 5.77. The Hall–Kier alpha value is 0.120. The Morgan fingerprint density at radius 3 is 2.23 bits per heavy atom. The van der Waals surface area contributed by atoms with E-state index in [1.165, 1.54) is 0 Å². The zero-order chi connectivity index (χ0) is 10.5. The summed E-state index contributed by atoms with van der Waals surface area (Å²) in [6.45, 7) is 7.60. The maximum atomic E-state index is 13.2. The number of hydrogen-bond donors (Lipinski definition) is 0. The summed E-state index contributed by atoms with van der Waals surface area (Å²) in [5.74, 6) is 0.214. The van der Waals surface area contributed by atoms with Crippen LogP contribution in [0.25, 0.3) is 0 Å². The summed E-state index contributed by atoms with van der Waals surface area (Å²) >= 11 is 0. The fourth-order valence-electron chi connectivity index (χ4n) is 1.19. The molecule has 0 saturated heterocycles. The molecule has 13 heavy (non-hydrogen) atoms. The summed E-state index contributed by atoms with van der Waals surface area (Å²) in [6, 6.07) is 0. The van der Waals surface area contributed by atoms with Gasteiger partial charge in [-0.15, -0.1) is 0 Å². The molecule has 0 aromatic carbocycles. The maximum Gasteiger partial charge on any atom is 0.367 e. The van der Waals surface area contributed by atoms with Gasteiger partial charge in [-0.25, -0.2) is 0 Å². The molecule has 2 atom stereocenters. The molecule has 0 aliphatic carbocycles. The van der Waals surface area contributed by atoms with Crippen molar-refractivity contribution in [2.75, 3.05) is 6.16 Å². The van der Waals surface area contributed by atoms with Gasteiger partial charge in [-0.1, -0.05) is 27.7 Å². The lowest BCUT2D eigenvalue weighted by molar-refractivity contribution is 0.138. The number of rotatable bonds is 6. The maximum absolute atomic E-state index is 13.2. The van der Waals surface area contributed by atoms with Crippen LogP contribution in [0.1, 0.15) is 40.5 Å². The molecule has 4 heteroatoms. The number of hydrogen-bond acceptors (Lipinski definition) is 2. The van der Waals surface area contributed by atoms with Gasteiger partial charge in [0.15, 0.2) is 0 Å². The number of halogens is 1. The third-order valence-electron chi connectivity index (χ3n) is 1.93. The fraction of sp³-hybridized carbons (Fsp3) is 1.00. The van der Waals surface area contributed by atoms with Crippen LogP contribution in [0.15, 0.2) is 0 Å². The minimum absolute atomic E-state index is 0.0379. The molecule has 0 rings (SSSR count). The van der Waals surface area contributed by atoms with E-state index in [4.69, 9.17) is 4.52 Å². The Labute approximate surface area is 80.4 Å². The molecular formula is C9H20FO2P. The first-order valence-electron chi connectivity index (χ1n) is 4.90. The lowest BCUT2D eigenvalue weighted by Crippen LogP contribution is -2.17. The molecule has 0 saturated carbocycles. The van der Waals surface area contributed by atoms with E-state index in [9.17, 15) is 8.76 Å². The smallest absolute Gasteiger partial charge is 0.302 e. The first-order valence-corrected chi connectivity index (χ1v) is 6.60. The van der Waals surface area contributed by atoms with Gasteiger partial charge in [0.05, 0.1) is 12.3 Å². The van der Waals surface area contributed by atoms with Crippen molar-refractivity contribution in [3.8, 4) is 0 Å². The Morgan fingerprint density at radius 1 is 1.38 bits per heavy atom. The van der Waals surface area contributed by atoms with E-state index in [1.807, 2.05) is 20.8 Å². The highest BCUT2D eigenvalue weighted by atomic mass is 31.2. The molecule has 0 amide bonds. The van der Waals surface area contributed by atoms with Crippen LogP contribution in [0.5, 0.6) is 0 Å². The predicted molar refractivity (Wildman–Crippen MR) is 53.9 cm³/mol. The monoisotopic (exact) mass is 210 g/mol. The van der Waals surface area contributed by atoms with Crippen LogP contribution in [0.3, 0.4) is 0 Å². The standard InChI is InChI=1S/C9H20FO2P/c1-5-7-13(10,11)12-9(6-2)8(3)4/h8-9H,5-7H2,1-4H3. The zero-order valence-electron chi connectivity index (χ0n) is 8.92. The molecule has 0 aliphatic heterocycles. The second-order valence-electron chi connectivity index (χ2n) is 3.61. The lowest BCUT2D eigenvalue weighted by Gasteiger charge is -2.21. The largest absolute Gasteiger partial charge is 0.367 e. The highest BCUT2D eigenvalue weighted by Crippen LogP contribution is 2.51. The molecular weight excluding hydrogens is 190 g/mol. The van der Waals surface area contributed by atoms with Crippen LogP contribution in [0.4, 0.5) is 4.20 Å². The van der Waals surface area contributed by atoms with Crippen LogP contribution in [-0.2, 0) is 9.09 Å². The minimum atomic E-state index is -3.82. The van der Waals surface area contributed by atoms with Gasteiger partial charge in [0.2, 0.25) is 0 Å². The Balaban J connectivity index is 4.14. The van der Waals surface area contributed by atoms with Crippen molar-refractivity contribution in [2.45, 2.75) is 46.6 Å². The van der Waals surface area contributed by atoms with Crippen molar-refractivity contribution in [3.63, 3.8) is 0 Å². The molecule has 2 unspecified atom stereocenters. The highest BCUT2D eigenvalue weighted by Gasteiger charge is 2.26. The van der Waals surface area contributed by atoms with Gasteiger partial charge >= 0.3 is 7.68 Å². The third-order valence-corrected chi connectivity index (χ3v) is 3.50. The van der Waals surface area contributed by atoms with E-state index < -0.39 is 7.68 Å². The van der Waals surface area contributed by atoms with Gasteiger partial charge < -0.3 is 4.52 Å². The highest BCUT2D eigenvalue weighted by molar-refractivity contribution is 7.53. The molecule has 0 radical (unpaired) electrons. The average molecular weight is 210 g/mol. The minimum Gasteiger partial charge on any atom is -0.302 e. The summed E-state index contributed by atoms with van der Waals surface area (Å²) in [5, 5.41) is 0. The quantitative estimate of drug-likeness (QED) is 0.619. The van der Waals surface area contributed by atoms with E-state index >= 15 is 0 Å². The van der Waals surface area contributed by atoms with Gasteiger partial charge in [0, 0.05) is 0 Å². The molecule has 0 aromatic rings. The lowest BCUT2D eigenvalue weighted by atomic mass is 10.1. The SMILES string of the molecule is CCCP(=O)(F)OC(CC)C(C)C. The van der Waals surface area contributed by atoms with Gasteiger partial charge in [-0.3, -0.25) is 4.57 Å². The van der Waals surface area contributed by atoms with Gasteiger partial charge in [-0.2, -0.15) is 4.20 Å². The Bertz CT molecular complexity index is 182. The summed E-state index contributed by atoms with van der Waals surface area (Å²) in [6.07, 6.45) is 1.08. The first-order chi connectivity index (χ1) is 5.93. The van der Waals surface area contributed by atoms with Crippen LogP contribution >= 0.6 is 7.68 Å². The summed E-state index contributed by atoms with van der Waals surface area (Å²) < 4.78 is 29.4. The fourth-order valence-corrected chi connectivity index (χ4v) is 2.63. The van der Waals surface area contributed by atoms with Crippen LogP contribution in [0, 0.1) is 5.92 Å². The van der Waals surface area contributed by atoms with Crippen molar-refractivity contribution in [1.82, 2.24) is 0 Å². The van der Waals surface area contributed by atoms with Crippen LogP contribution in [-0.4, -0.2) is 12.3 Å². The molecule has 0 N–H and O–H groups in total.